The Balaban J connectivity index is 2.70. The smallest absolute Gasteiger partial charge is 0.139 e. The summed E-state index contributed by atoms with van der Waals surface area (Å²) in [5.74, 6) is 0. The fourth-order valence-corrected chi connectivity index (χ4v) is 1.88. The van der Waals surface area contributed by atoms with E-state index in [1.807, 2.05) is 35.8 Å². The van der Waals surface area contributed by atoms with Crippen molar-refractivity contribution in [3.63, 3.8) is 0 Å². The zero-order chi connectivity index (χ0) is 10.1. The van der Waals surface area contributed by atoms with Crippen LogP contribution in [0.15, 0.2) is 24.3 Å². The molecule has 0 radical (unpaired) electrons. The lowest BCUT2D eigenvalue weighted by Crippen LogP contribution is -1.99. The molecule has 3 heteroatoms. The molecular weight excluding hydrogens is 198 g/mol. The molecule has 2 rings (SSSR count). The molecule has 1 aromatic carbocycles. The second-order valence-electron chi connectivity index (χ2n) is 3.27. The molecule has 0 atom stereocenters. The van der Waals surface area contributed by atoms with Crippen LogP contribution < -0.4 is 0 Å². The maximum absolute atomic E-state index is 10.5. The van der Waals surface area contributed by atoms with Gasteiger partial charge in [0.15, 0.2) is 0 Å². The van der Waals surface area contributed by atoms with Crippen molar-refractivity contribution in [3.8, 4) is 0 Å². The quantitative estimate of drug-likeness (QED) is 0.695. The number of aldehydes is 1. The number of aryl methyl sites for hydroxylation is 1. The number of nitrogens with zero attached hydrogens (tertiary/aromatic N) is 1. The fourth-order valence-electron chi connectivity index (χ4n) is 1.70. The molecule has 72 valence electrons. The third-order valence-corrected chi connectivity index (χ3v) is 2.56. The lowest BCUT2D eigenvalue weighted by molar-refractivity contribution is -0.108. The van der Waals surface area contributed by atoms with Gasteiger partial charge in [-0.3, -0.25) is 0 Å². The molecule has 0 aliphatic rings. The molecule has 1 heterocycles. The van der Waals surface area contributed by atoms with Gasteiger partial charge in [0.25, 0.3) is 0 Å². The van der Waals surface area contributed by atoms with Crippen LogP contribution in [-0.2, 0) is 11.3 Å². The Morgan fingerprint density at radius 3 is 2.93 bits per heavy atom. The monoisotopic (exact) mass is 207 g/mol. The van der Waals surface area contributed by atoms with E-state index in [1.54, 1.807) is 0 Å². The summed E-state index contributed by atoms with van der Waals surface area (Å²) >= 11 is 5.88. The summed E-state index contributed by atoms with van der Waals surface area (Å²) in [7, 11) is 0. The normalized spacial score (nSPS) is 10.7. The van der Waals surface area contributed by atoms with Gasteiger partial charge < -0.3 is 9.36 Å². The van der Waals surface area contributed by atoms with Crippen molar-refractivity contribution in [2.24, 2.45) is 0 Å². The Kier molecular flexibility index (Phi) is 2.30. The van der Waals surface area contributed by atoms with Crippen LogP contribution in [0.3, 0.4) is 0 Å². The van der Waals surface area contributed by atoms with E-state index in [2.05, 4.69) is 0 Å². The summed E-state index contributed by atoms with van der Waals surface area (Å²) in [6.07, 6.45) is 0.904. The molecule has 0 bridgehead atoms. The van der Waals surface area contributed by atoms with Crippen molar-refractivity contribution < 1.29 is 4.79 Å². The number of fused-ring (bicyclic) bond motifs is 1. The van der Waals surface area contributed by atoms with E-state index in [-0.39, 0.29) is 0 Å². The highest BCUT2D eigenvalue weighted by molar-refractivity contribution is 6.31. The average molecular weight is 208 g/mol. The summed E-state index contributed by atoms with van der Waals surface area (Å²) in [6.45, 7) is 2.38. The van der Waals surface area contributed by atoms with Gasteiger partial charge >= 0.3 is 0 Å². The first-order valence-corrected chi connectivity index (χ1v) is 4.79. The third-order valence-electron chi connectivity index (χ3n) is 2.33. The van der Waals surface area contributed by atoms with E-state index in [1.165, 1.54) is 0 Å². The van der Waals surface area contributed by atoms with Gasteiger partial charge in [0, 0.05) is 21.6 Å². The van der Waals surface area contributed by atoms with Crippen LogP contribution in [0.4, 0.5) is 0 Å². The number of carbonyl (C=O) groups is 1. The number of hydrogen-bond donors (Lipinski definition) is 0. The van der Waals surface area contributed by atoms with Gasteiger partial charge in [0.1, 0.15) is 6.29 Å². The first-order chi connectivity index (χ1) is 6.72. The summed E-state index contributed by atoms with van der Waals surface area (Å²) in [5, 5.41) is 1.80. The molecule has 0 aliphatic heterocycles. The Morgan fingerprint density at radius 1 is 1.43 bits per heavy atom. The number of hydrogen-bond acceptors (Lipinski definition) is 1. The minimum absolute atomic E-state index is 0.400. The van der Waals surface area contributed by atoms with E-state index >= 15 is 0 Å². The zero-order valence-electron chi connectivity index (χ0n) is 7.83. The van der Waals surface area contributed by atoms with Crippen molar-refractivity contribution in [2.75, 3.05) is 0 Å². The molecule has 14 heavy (non-hydrogen) atoms. The predicted molar refractivity (Wildman–Crippen MR) is 57.7 cm³/mol. The molecule has 0 saturated carbocycles. The van der Waals surface area contributed by atoms with Crippen LogP contribution in [0.2, 0.25) is 5.02 Å². The maximum Gasteiger partial charge on any atom is 0.139 e. The Morgan fingerprint density at radius 2 is 2.21 bits per heavy atom. The van der Waals surface area contributed by atoms with Crippen molar-refractivity contribution in [1.29, 1.82) is 0 Å². The molecule has 1 aromatic heterocycles. The van der Waals surface area contributed by atoms with Crippen LogP contribution >= 0.6 is 11.6 Å². The maximum atomic E-state index is 10.5. The zero-order valence-corrected chi connectivity index (χ0v) is 8.58. The fraction of sp³-hybridized carbons (Fsp3) is 0.182. The van der Waals surface area contributed by atoms with Gasteiger partial charge in [0.05, 0.1) is 6.54 Å². The number of benzene rings is 1. The van der Waals surface area contributed by atoms with Gasteiger partial charge in [0.2, 0.25) is 0 Å². The summed E-state index contributed by atoms with van der Waals surface area (Å²) in [6, 6.07) is 7.72. The molecule has 0 unspecified atom stereocenters. The summed E-state index contributed by atoms with van der Waals surface area (Å²) in [4.78, 5) is 10.5. The second-order valence-corrected chi connectivity index (χ2v) is 3.70. The topological polar surface area (TPSA) is 22.0 Å². The van der Waals surface area contributed by atoms with Crippen LogP contribution in [0.25, 0.3) is 10.9 Å². The highest BCUT2D eigenvalue weighted by atomic mass is 35.5. The van der Waals surface area contributed by atoms with Crippen molar-refractivity contribution in [1.82, 2.24) is 4.57 Å². The van der Waals surface area contributed by atoms with Crippen molar-refractivity contribution >= 4 is 28.8 Å². The van der Waals surface area contributed by atoms with Crippen molar-refractivity contribution in [3.05, 3.63) is 35.0 Å². The Hall–Kier alpha value is -1.28. The number of aromatic nitrogens is 1. The number of carbonyl (C=O) groups excluding carboxylic acids is 1. The largest absolute Gasteiger partial charge is 0.338 e. The van der Waals surface area contributed by atoms with E-state index in [4.69, 9.17) is 11.6 Å². The summed E-state index contributed by atoms with van der Waals surface area (Å²) in [5.41, 5.74) is 2.13. The highest BCUT2D eigenvalue weighted by Crippen LogP contribution is 2.22. The molecule has 0 spiro atoms. The second kappa shape index (κ2) is 3.46. The van der Waals surface area contributed by atoms with Crippen LogP contribution in [0, 0.1) is 6.92 Å². The lowest BCUT2D eigenvalue weighted by atomic mass is 10.2. The average Bonchev–Trinajstić information content (AvgIpc) is 2.43. The van der Waals surface area contributed by atoms with Crippen LogP contribution in [0.5, 0.6) is 0 Å². The summed E-state index contributed by atoms with van der Waals surface area (Å²) < 4.78 is 1.97. The van der Waals surface area contributed by atoms with Gasteiger partial charge in [-0.2, -0.15) is 0 Å². The van der Waals surface area contributed by atoms with Gasteiger partial charge in [-0.25, -0.2) is 0 Å². The van der Waals surface area contributed by atoms with E-state index < -0.39 is 0 Å². The van der Waals surface area contributed by atoms with E-state index in [0.29, 0.717) is 6.54 Å². The number of rotatable bonds is 2. The van der Waals surface area contributed by atoms with Crippen molar-refractivity contribution in [2.45, 2.75) is 13.5 Å². The van der Waals surface area contributed by atoms with Crippen LogP contribution in [-0.4, -0.2) is 10.9 Å². The van der Waals surface area contributed by atoms with E-state index in [0.717, 1.165) is 27.9 Å². The van der Waals surface area contributed by atoms with Gasteiger partial charge in [-0.05, 0) is 31.2 Å². The number of halogens is 1. The molecule has 0 saturated heterocycles. The van der Waals surface area contributed by atoms with E-state index in [9.17, 15) is 4.79 Å². The molecular formula is C11H10ClNO. The molecule has 0 N–H and O–H groups in total. The molecule has 0 amide bonds. The van der Waals surface area contributed by atoms with Gasteiger partial charge in [-0.1, -0.05) is 11.6 Å². The first kappa shape index (κ1) is 9.28. The first-order valence-electron chi connectivity index (χ1n) is 4.41. The third kappa shape index (κ3) is 1.42. The standard InChI is InChI=1S/C11H10ClNO/c1-8-6-9-7-10(12)2-3-11(9)13(8)4-5-14/h2-3,5-7H,4H2,1H3. The Labute approximate surface area is 87.1 Å². The van der Waals surface area contributed by atoms with Gasteiger partial charge in [-0.15, -0.1) is 0 Å². The Bertz CT molecular complexity index is 487. The molecule has 2 nitrogen and oxygen atoms in total. The predicted octanol–water partition coefficient (Wildman–Crippen LogP) is 2.80. The molecule has 0 aliphatic carbocycles. The highest BCUT2D eigenvalue weighted by Gasteiger charge is 2.04. The lowest BCUT2D eigenvalue weighted by Gasteiger charge is -2.02. The minimum atomic E-state index is 0.400. The molecule has 0 fully saturated rings. The SMILES string of the molecule is Cc1cc2cc(Cl)ccc2n1CC=O. The minimum Gasteiger partial charge on any atom is -0.338 e. The van der Waals surface area contributed by atoms with Crippen LogP contribution in [0.1, 0.15) is 5.69 Å². The molecule has 2 aromatic rings.